The van der Waals surface area contributed by atoms with Crippen LogP contribution in [0.3, 0.4) is 0 Å². The minimum Gasteiger partial charge on any atom is -0.376 e. The summed E-state index contributed by atoms with van der Waals surface area (Å²) in [5, 5.41) is 5.04. The van der Waals surface area contributed by atoms with Gasteiger partial charge in [-0.15, -0.1) is 0 Å². The van der Waals surface area contributed by atoms with E-state index in [9.17, 15) is 18.0 Å². The lowest BCUT2D eigenvalue weighted by Gasteiger charge is -2.17. The predicted octanol–water partition coefficient (Wildman–Crippen LogP) is 0.460. The van der Waals surface area contributed by atoms with Gasteiger partial charge in [0, 0.05) is 25.4 Å². The van der Waals surface area contributed by atoms with E-state index in [1.54, 1.807) is 24.3 Å². The molecule has 25 heavy (non-hydrogen) atoms. The van der Waals surface area contributed by atoms with Crippen LogP contribution in [0.4, 0.5) is 11.4 Å². The molecule has 2 aliphatic rings. The van der Waals surface area contributed by atoms with Gasteiger partial charge in [0.25, 0.3) is 0 Å². The Bertz CT molecular complexity index is 759. The molecular weight excluding hydrogens is 346 g/mol. The minimum absolute atomic E-state index is 0.0412. The molecule has 1 atom stereocenters. The van der Waals surface area contributed by atoms with Crippen molar-refractivity contribution in [3.05, 3.63) is 24.3 Å². The second kappa shape index (κ2) is 7.40. The Morgan fingerprint density at radius 2 is 2.08 bits per heavy atom. The molecule has 0 aromatic heterocycles. The van der Waals surface area contributed by atoms with Gasteiger partial charge in [-0.1, -0.05) is 6.07 Å². The summed E-state index contributed by atoms with van der Waals surface area (Å²) in [6, 6.07) is 6.46. The van der Waals surface area contributed by atoms with Crippen LogP contribution in [-0.4, -0.2) is 51.8 Å². The fourth-order valence-corrected chi connectivity index (χ4v) is 4.50. The normalized spacial score (nSPS) is 21.9. The standard InChI is InChI=1S/C16H21N3O5S/c20-15(17-11-14-6-2-8-24-14)16(21)18-12-4-1-5-13(10-12)19-7-3-9-25(19,22)23/h1,4-5,10,14H,2-3,6-9,11H2,(H,17,20)(H,18,21)/t14-/m1/s1. The van der Waals surface area contributed by atoms with Gasteiger partial charge in [0.15, 0.2) is 0 Å². The highest BCUT2D eigenvalue weighted by atomic mass is 32.2. The number of hydrogen-bond donors (Lipinski definition) is 2. The van der Waals surface area contributed by atoms with E-state index in [4.69, 9.17) is 4.74 Å². The van der Waals surface area contributed by atoms with E-state index in [0.717, 1.165) is 12.8 Å². The number of benzene rings is 1. The Morgan fingerprint density at radius 1 is 1.24 bits per heavy atom. The fourth-order valence-electron chi connectivity index (χ4n) is 2.95. The quantitative estimate of drug-likeness (QED) is 0.753. The largest absolute Gasteiger partial charge is 0.376 e. The van der Waals surface area contributed by atoms with E-state index >= 15 is 0 Å². The zero-order valence-corrected chi connectivity index (χ0v) is 14.5. The van der Waals surface area contributed by atoms with Gasteiger partial charge < -0.3 is 15.4 Å². The Balaban J connectivity index is 1.59. The molecule has 136 valence electrons. The van der Waals surface area contributed by atoms with Gasteiger partial charge in [-0.3, -0.25) is 13.9 Å². The number of sulfonamides is 1. The summed E-state index contributed by atoms with van der Waals surface area (Å²) in [7, 11) is -3.29. The Hall–Kier alpha value is -2.13. The summed E-state index contributed by atoms with van der Waals surface area (Å²) in [4.78, 5) is 23.8. The third-order valence-corrected chi connectivity index (χ3v) is 6.08. The van der Waals surface area contributed by atoms with Crippen LogP contribution in [0.2, 0.25) is 0 Å². The maximum absolute atomic E-state index is 12.0. The van der Waals surface area contributed by atoms with Crippen LogP contribution in [0.15, 0.2) is 24.3 Å². The third kappa shape index (κ3) is 4.29. The van der Waals surface area contributed by atoms with Crippen molar-refractivity contribution >= 4 is 33.2 Å². The maximum Gasteiger partial charge on any atom is 0.313 e. The van der Waals surface area contributed by atoms with Crippen molar-refractivity contribution in [1.29, 1.82) is 0 Å². The first-order valence-corrected chi connectivity index (χ1v) is 9.88. The molecule has 0 saturated carbocycles. The highest BCUT2D eigenvalue weighted by molar-refractivity contribution is 7.93. The Labute approximate surface area is 146 Å². The molecular formula is C16H21N3O5S. The fraction of sp³-hybridized carbons (Fsp3) is 0.500. The molecule has 2 amide bonds. The van der Waals surface area contributed by atoms with Gasteiger partial charge >= 0.3 is 11.8 Å². The summed E-state index contributed by atoms with van der Waals surface area (Å²) in [5.41, 5.74) is 0.854. The number of nitrogens with zero attached hydrogens (tertiary/aromatic N) is 1. The van der Waals surface area contributed by atoms with Gasteiger partial charge in [0.2, 0.25) is 10.0 Å². The van der Waals surface area contributed by atoms with Crippen molar-refractivity contribution in [1.82, 2.24) is 5.32 Å². The lowest BCUT2D eigenvalue weighted by Crippen LogP contribution is -2.39. The van der Waals surface area contributed by atoms with Gasteiger partial charge in [0.1, 0.15) is 0 Å². The third-order valence-electron chi connectivity index (χ3n) is 4.21. The first-order chi connectivity index (χ1) is 12.0. The summed E-state index contributed by atoms with van der Waals surface area (Å²) in [6.45, 7) is 1.40. The maximum atomic E-state index is 12.0. The van der Waals surface area contributed by atoms with Gasteiger partial charge in [-0.2, -0.15) is 0 Å². The van der Waals surface area contributed by atoms with E-state index in [0.29, 0.717) is 37.5 Å². The van der Waals surface area contributed by atoms with E-state index in [-0.39, 0.29) is 11.9 Å². The minimum atomic E-state index is -3.29. The van der Waals surface area contributed by atoms with Crippen molar-refractivity contribution in [2.24, 2.45) is 0 Å². The SMILES string of the molecule is O=C(NC[C@H]1CCCO1)C(=O)Nc1cccc(N2CCCS2(=O)=O)c1. The summed E-state index contributed by atoms with van der Waals surface area (Å²) in [6.07, 6.45) is 2.36. The van der Waals surface area contributed by atoms with Crippen molar-refractivity contribution in [3.8, 4) is 0 Å². The van der Waals surface area contributed by atoms with Crippen LogP contribution in [-0.2, 0) is 24.3 Å². The molecule has 0 spiro atoms. The van der Waals surface area contributed by atoms with Crippen LogP contribution in [0, 0.1) is 0 Å². The van der Waals surface area contributed by atoms with E-state index in [1.165, 1.54) is 4.31 Å². The van der Waals surface area contributed by atoms with Crippen LogP contribution < -0.4 is 14.9 Å². The monoisotopic (exact) mass is 367 g/mol. The number of carbonyl (C=O) groups is 2. The summed E-state index contributed by atoms with van der Waals surface area (Å²) < 4.78 is 30.7. The molecule has 0 bridgehead atoms. The number of anilines is 2. The molecule has 2 aliphatic heterocycles. The molecule has 3 rings (SSSR count). The van der Waals surface area contributed by atoms with Gasteiger partial charge in [-0.25, -0.2) is 8.42 Å². The zero-order chi connectivity index (χ0) is 17.9. The molecule has 0 radical (unpaired) electrons. The topological polar surface area (TPSA) is 105 Å². The van der Waals surface area contributed by atoms with Crippen molar-refractivity contribution in [2.45, 2.75) is 25.4 Å². The summed E-state index contributed by atoms with van der Waals surface area (Å²) in [5.74, 6) is -1.41. The highest BCUT2D eigenvalue weighted by Crippen LogP contribution is 2.26. The predicted molar refractivity (Wildman–Crippen MR) is 92.8 cm³/mol. The second-order valence-electron chi connectivity index (χ2n) is 6.09. The molecule has 0 aliphatic carbocycles. The number of rotatable bonds is 4. The van der Waals surface area contributed by atoms with Gasteiger partial charge in [0.05, 0.1) is 17.5 Å². The zero-order valence-electron chi connectivity index (χ0n) is 13.7. The van der Waals surface area contributed by atoms with E-state index in [1.807, 2.05) is 0 Å². The number of amides is 2. The summed E-state index contributed by atoms with van der Waals surface area (Å²) >= 11 is 0. The van der Waals surface area contributed by atoms with E-state index < -0.39 is 21.8 Å². The van der Waals surface area contributed by atoms with Crippen LogP contribution >= 0.6 is 0 Å². The van der Waals surface area contributed by atoms with Crippen LogP contribution in [0.1, 0.15) is 19.3 Å². The molecule has 2 fully saturated rings. The van der Waals surface area contributed by atoms with Crippen LogP contribution in [0.25, 0.3) is 0 Å². The Morgan fingerprint density at radius 3 is 2.76 bits per heavy atom. The molecule has 1 aromatic carbocycles. The lowest BCUT2D eigenvalue weighted by molar-refractivity contribution is -0.136. The van der Waals surface area contributed by atoms with Crippen molar-refractivity contribution in [3.63, 3.8) is 0 Å². The number of hydrogen-bond acceptors (Lipinski definition) is 5. The lowest BCUT2D eigenvalue weighted by atomic mass is 10.2. The number of ether oxygens (including phenoxy) is 1. The van der Waals surface area contributed by atoms with E-state index in [2.05, 4.69) is 10.6 Å². The molecule has 2 saturated heterocycles. The number of nitrogens with one attached hydrogen (secondary N) is 2. The van der Waals surface area contributed by atoms with Crippen molar-refractivity contribution in [2.75, 3.05) is 35.1 Å². The first-order valence-electron chi connectivity index (χ1n) is 8.27. The average molecular weight is 367 g/mol. The average Bonchev–Trinajstić information content (AvgIpc) is 3.21. The second-order valence-corrected chi connectivity index (χ2v) is 8.10. The Kier molecular flexibility index (Phi) is 5.24. The highest BCUT2D eigenvalue weighted by Gasteiger charge is 2.28. The molecule has 2 heterocycles. The molecule has 0 unspecified atom stereocenters. The smallest absolute Gasteiger partial charge is 0.313 e. The van der Waals surface area contributed by atoms with Crippen molar-refractivity contribution < 1.29 is 22.7 Å². The molecule has 9 heteroatoms. The first kappa shape index (κ1) is 17.7. The van der Waals surface area contributed by atoms with Gasteiger partial charge in [-0.05, 0) is 37.5 Å². The number of carbonyl (C=O) groups excluding carboxylic acids is 2. The molecule has 8 nitrogen and oxygen atoms in total. The molecule has 1 aromatic rings. The van der Waals surface area contributed by atoms with Crippen LogP contribution in [0.5, 0.6) is 0 Å². The molecule has 2 N–H and O–H groups in total.